The first kappa shape index (κ1) is 19.4. The van der Waals surface area contributed by atoms with Gasteiger partial charge in [0.1, 0.15) is 11.3 Å². The predicted molar refractivity (Wildman–Crippen MR) is 108 cm³/mol. The number of imidazole rings is 1. The first-order valence-corrected chi connectivity index (χ1v) is 10.8. The quantitative estimate of drug-likeness (QED) is 0.658. The molecule has 1 aliphatic heterocycles. The molecule has 0 bridgehead atoms. The Morgan fingerprint density at radius 3 is 2.83 bits per heavy atom. The number of carbonyl (C=O) groups excluding carboxylic acids is 2. The van der Waals surface area contributed by atoms with Gasteiger partial charge in [-0.15, -0.1) is 0 Å². The van der Waals surface area contributed by atoms with E-state index in [9.17, 15) is 18.0 Å². The van der Waals surface area contributed by atoms with Crippen molar-refractivity contribution in [2.45, 2.75) is 31.1 Å². The van der Waals surface area contributed by atoms with Crippen LogP contribution in [0.3, 0.4) is 0 Å². The molecule has 8 nitrogen and oxygen atoms in total. The first-order valence-electron chi connectivity index (χ1n) is 8.95. The molecule has 2 amide bonds. The summed E-state index contributed by atoms with van der Waals surface area (Å²) in [5.41, 5.74) is 2.37. The van der Waals surface area contributed by atoms with Gasteiger partial charge in [0.15, 0.2) is 0 Å². The van der Waals surface area contributed by atoms with Crippen molar-refractivity contribution >= 4 is 44.8 Å². The SMILES string of the molecule is CCc1nc2ccc(Cl)cn2c1C(=O)NS(=O)(=O)c1ccc2c(c1)CCC(=O)N2. The van der Waals surface area contributed by atoms with E-state index in [-0.39, 0.29) is 22.9 Å². The number of sulfonamides is 1. The van der Waals surface area contributed by atoms with Gasteiger partial charge in [-0.2, -0.15) is 0 Å². The lowest BCUT2D eigenvalue weighted by molar-refractivity contribution is -0.116. The summed E-state index contributed by atoms with van der Waals surface area (Å²) >= 11 is 6.03. The van der Waals surface area contributed by atoms with E-state index in [4.69, 9.17) is 11.6 Å². The summed E-state index contributed by atoms with van der Waals surface area (Å²) in [6.07, 6.45) is 2.68. The van der Waals surface area contributed by atoms with Gasteiger partial charge in [-0.05, 0) is 48.7 Å². The van der Waals surface area contributed by atoms with Crippen molar-refractivity contribution in [1.29, 1.82) is 0 Å². The second-order valence-corrected chi connectivity index (χ2v) is 8.76. The van der Waals surface area contributed by atoms with Crippen molar-refractivity contribution in [2.24, 2.45) is 0 Å². The van der Waals surface area contributed by atoms with Crippen molar-refractivity contribution in [2.75, 3.05) is 5.32 Å². The Balaban J connectivity index is 1.69. The summed E-state index contributed by atoms with van der Waals surface area (Å²) in [7, 11) is -4.12. The van der Waals surface area contributed by atoms with Gasteiger partial charge >= 0.3 is 0 Å². The summed E-state index contributed by atoms with van der Waals surface area (Å²) in [6.45, 7) is 1.83. The Hall–Kier alpha value is -2.91. The van der Waals surface area contributed by atoms with Crippen LogP contribution in [0.4, 0.5) is 5.69 Å². The van der Waals surface area contributed by atoms with Gasteiger partial charge in [0, 0.05) is 18.3 Å². The third kappa shape index (κ3) is 3.58. The highest BCUT2D eigenvalue weighted by Gasteiger charge is 2.25. The Bertz CT molecular complexity index is 1270. The average Bonchev–Trinajstić information content (AvgIpc) is 3.05. The molecule has 0 saturated heterocycles. The lowest BCUT2D eigenvalue weighted by Gasteiger charge is -2.17. The van der Waals surface area contributed by atoms with E-state index in [1.54, 1.807) is 12.1 Å². The molecule has 10 heteroatoms. The van der Waals surface area contributed by atoms with E-state index in [2.05, 4.69) is 15.0 Å². The lowest BCUT2D eigenvalue weighted by Crippen LogP contribution is -2.32. The molecule has 1 aromatic carbocycles. The number of hydrogen-bond acceptors (Lipinski definition) is 5. The van der Waals surface area contributed by atoms with Crippen LogP contribution in [0.2, 0.25) is 5.02 Å². The fourth-order valence-corrected chi connectivity index (χ4v) is 4.47. The van der Waals surface area contributed by atoms with Gasteiger partial charge < -0.3 is 5.32 Å². The number of carbonyl (C=O) groups is 2. The van der Waals surface area contributed by atoms with E-state index in [0.717, 1.165) is 0 Å². The number of pyridine rings is 1. The molecule has 2 N–H and O–H groups in total. The van der Waals surface area contributed by atoms with E-state index < -0.39 is 15.9 Å². The number of fused-ring (bicyclic) bond motifs is 2. The zero-order valence-electron chi connectivity index (χ0n) is 15.4. The zero-order chi connectivity index (χ0) is 20.8. The van der Waals surface area contributed by atoms with Crippen molar-refractivity contribution in [3.05, 3.63) is 58.5 Å². The minimum atomic E-state index is -4.12. The van der Waals surface area contributed by atoms with Crippen LogP contribution < -0.4 is 10.0 Å². The van der Waals surface area contributed by atoms with Gasteiger partial charge in [0.2, 0.25) is 5.91 Å². The smallest absolute Gasteiger partial charge is 0.283 e. The fraction of sp³-hybridized carbons (Fsp3) is 0.211. The van der Waals surface area contributed by atoms with Gasteiger partial charge in [0.05, 0.1) is 15.6 Å². The second kappa shape index (κ2) is 7.16. The molecule has 0 aliphatic carbocycles. The number of aryl methyl sites for hydroxylation is 2. The number of nitrogens with zero attached hydrogens (tertiary/aromatic N) is 2. The van der Waals surface area contributed by atoms with Crippen LogP contribution in [-0.4, -0.2) is 29.6 Å². The molecule has 0 unspecified atom stereocenters. The minimum absolute atomic E-state index is 0.0503. The van der Waals surface area contributed by atoms with Crippen LogP contribution in [0.25, 0.3) is 5.65 Å². The van der Waals surface area contributed by atoms with Crippen molar-refractivity contribution in [1.82, 2.24) is 14.1 Å². The van der Waals surface area contributed by atoms with Crippen LogP contribution in [0.5, 0.6) is 0 Å². The Morgan fingerprint density at radius 2 is 2.07 bits per heavy atom. The zero-order valence-corrected chi connectivity index (χ0v) is 17.0. The van der Waals surface area contributed by atoms with Gasteiger partial charge in [0.25, 0.3) is 15.9 Å². The first-order chi connectivity index (χ1) is 13.8. The van der Waals surface area contributed by atoms with Crippen molar-refractivity contribution in [3.8, 4) is 0 Å². The molecule has 3 heterocycles. The van der Waals surface area contributed by atoms with Gasteiger partial charge in [-0.25, -0.2) is 18.1 Å². The molecule has 0 atom stereocenters. The third-order valence-electron chi connectivity index (χ3n) is 4.71. The van der Waals surface area contributed by atoms with Crippen LogP contribution >= 0.6 is 11.6 Å². The molecule has 0 saturated carbocycles. The highest BCUT2D eigenvalue weighted by molar-refractivity contribution is 7.90. The van der Waals surface area contributed by atoms with Crippen LogP contribution in [0.1, 0.15) is 35.1 Å². The van der Waals surface area contributed by atoms with E-state index >= 15 is 0 Å². The van der Waals surface area contributed by atoms with Crippen molar-refractivity contribution < 1.29 is 18.0 Å². The topological polar surface area (TPSA) is 110 Å². The van der Waals surface area contributed by atoms with Gasteiger partial charge in [-0.3, -0.25) is 14.0 Å². The van der Waals surface area contributed by atoms with Crippen molar-refractivity contribution in [3.63, 3.8) is 0 Å². The predicted octanol–water partition coefficient (Wildman–Crippen LogP) is 2.55. The van der Waals surface area contributed by atoms with Crippen LogP contribution in [0.15, 0.2) is 41.4 Å². The standard InChI is InChI=1S/C19H17ClN4O4S/c1-2-14-18(24-10-12(20)4-7-16(24)21-14)19(26)23-29(27,28)13-5-6-15-11(9-13)3-8-17(25)22-15/h4-7,9-10H,2-3,8H2,1H3,(H,22,25)(H,23,26). The monoisotopic (exact) mass is 432 g/mol. The summed E-state index contributed by atoms with van der Waals surface area (Å²) in [6, 6.07) is 7.65. The van der Waals surface area contributed by atoms with Crippen LogP contribution in [-0.2, 0) is 27.7 Å². The molecule has 0 radical (unpaired) electrons. The van der Waals surface area contributed by atoms with Gasteiger partial charge in [-0.1, -0.05) is 18.5 Å². The number of rotatable bonds is 4. The largest absolute Gasteiger partial charge is 0.326 e. The molecule has 1 aliphatic rings. The maximum Gasteiger partial charge on any atom is 0.283 e. The Labute approximate surface area is 171 Å². The number of halogens is 1. The minimum Gasteiger partial charge on any atom is -0.326 e. The number of aromatic nitrogens is 2. The average molecular weight is 433 g/mol. The normalized spacial score (nSPS) is 13.8. The molecular weight excluding hydrogens is 416 g/mol. The molecule has 0 spiro atoms. The number of anilines is 1. The van der Waals surface area contributed by atoms with Crippen LogP contribution in [0, 0.1) is 0 Å². The lowest BCUT2D eigenvalue weighted by atomic mass is 10.0. The number of hydrogen-bond donors (Lipinski definition) is 2. The van der Waals surface area contributed by atoms with E-state index in [1.807, 2.05) is 6.92 Å². The summed E-state index contributed by atoms with van der Waals surface area (Å²) in [5, 5.41) is 3.09. The summed E-state index contributed by atoms with van der Waals surface area (Å²) in [5.74, 6) is -0.901. The highest BCUT2D eigenvalue weighted by atomic mass is 35.5. The Morgan fingerprint density at radius 1 is 1.28 bits per heavy atom. The second-order valence-electron chi connectivity index (χ2n) is 6.64. The maximum atomic E-state index is 12.9. The van der Waals surface area contributed by atoms with E-state index in [0.29, 0.717) is 40.5 Å². The molecule has 3 aromatic rings. The number of benzene rings is 1. The molecular formula is C19H17ClN4O4S. The maximum absolute atomic E-state index is 12.9. The number of nitrogens with one attached hydrogen (secondary N) is 2. The molecule has 2 aromatic heterocycles. The number of amides is 2. The molecule has 29 heavy (non-hydrogen) atoms. The third-order valence-corrected chi connectivity index (χ3v) is 6.27. The molecule has 4 rings (SSSR count). The van der Waals surface area contributed by atoms with E-state index in [1.165, 1.54) is 28.8 Å². The summed E-state index contributed by atoms with van der Waals surface area (Å²) < 4.78 is 29.2. The Kier molecular flexibility index (Phi) is 4.79. The highest BCUT2D eigenvalue weighted by Crippen LogP contribution is 2.26. The molecule has 150 valence electrons. The fourth-order valence-electron chi connectivity index (χ4n) is 3.31. The summed E-state index contributed by atoms with van der Waals surface area (Å²) in [4.78, 5) is 28.7. The molecule has 0 fully saturated rings.